The Kier molecular flexibility index (Phi) is 4.28. The van der Waals surface area contributed by atoms with E-state index >= 15 is 0 Å². The molecule has 1 N–H and O–H groups in total. The van der Waals surface area contributed by atoms with Crippen LogP contribution in [0.2, 0.25) is 0 Å². The van der Waals surface area contributed by atoms with Crippen molar-refractivity contribution in [2.75, 3.05) is 11.0 Å². The van der Waals surface area contributed by atoms with Gasteiger partial charge in [-0.25, -0.2) is 8.42 Å². The van der Waals surface area contributed by atoms with Crippen LogP contribution in [0.5, 0.6) is 0 Å². The summed E-state index contributed by atoms with van der Waals surface area (Å²) in [4.78, 5) is 10.9. The lowest BCUT2D eigenvalue weighted by molar-refractivity contribution is -0.116. The molecule has 0 aliphatic heterocycles. The van der Waals surface area contributed by atoms with Crippen molar-refractivity contribution in [3.05, 3.63) is 29.3 Å². The minimum absolute atomic E-state index is 0.129. The molecule has 5 heteroatoms. The average molecular weight is 255 g/mol. The van der Waals surface area contributed by atoms with E-state index in [0.29, 0.717) is 18.5 Å². The summed E-state index contributed by atoms with van der Waals surface area (Å²) in [5, 5.41) is 0. The Morgan fingerprint density at radius 2 is 1.94 bits per heavy atom. The summed E-state index contributed by atoms with van der Waals surface area (Å²) >= 11 is 0. The quantitative estimate of drug-likeness (QED) is 0.874. The number of sulfonamides is 1. The molecule has 0 amide bonds. The topological polar surface area (TPSA) is 63.2 Å². The van der Waals surface area contributed by atoms with Gasteiger partial charge in [-0.15, -0.1) is 0 Å². The van der Waals surface area contributed by atoms with Gasteiger partial charge in [-0.1, -0.05) is 6.07 Å². The van der Waals surface area contributed by atoms with Crippen molar-refractivity contribution in [1.82, 2.24) is 0 Å². The number of rotatable bonds is 5. The van der Waals surface area contributed by atoms with Crippen LogP contribution in [0.3, 0.4) is 0 Å². The van der Waals surface area contributed by atoms with Gasteiger partial charge in [0.1, 0.15) is 5.78 Å². The lowest BCUT2D eigenvalue weighted by Gasteiger charge is -2.08. The number of hydrogen-bond donors (Lipinski definition) is 1. The van der Waals surface area contributed by atoms with Crippen molar-refractivity contribution in [3.8, 4) is 0 Å². The second-order valence-corrected chi connectivity index (χ2v) is 6.03. The molecule has 0 saturated heterocycles. The van der Waals surface area contributed by atoms with Gasteiger partial charge >= 0.3 is 0 Å². The largest absolute Gasteiger partial charge is 0.300 e. The van der Waals surface area contributed by atoms with Gasteiger partial charge in [0, 0.05) is 12.1 Å². The minimum atomic E-state index is -3.26. The molecule has 0 spiro atoms. The van der Waals surface area contributed by atoms with Crippen LogP contribution in [0.25, 0.3) is 0 Å². The predicted molar refractivity (Wildman–Crippen MR) is 68.6 cm³/mol. The van der Waals surface area contributed by atoms with Gasteiger partial charge in [0.2, 0.25) is 10.0 Å². The van der Waals surface area contributed by atoms with E-state index in [4.69, 9.17) is 0 Å². The first kappa shape index (κ1) is 13.7. The van der Waals surface area contributed by atoms with Crippen LogP contribution < -0.4 is 4.72 Å². The van der Waals surface area contributed by atoms with Crippen molar-refractivity contribution in [1.29, 1.82) is 0 Å². The second-order valence-electron chi connectivity index (χ2n) is 4.28. The molecule has 0 radical (unpaired) electrons. The SMILES string of the molecule is CC(=O)CCc1cc(C)cc(NS(C)(=O)=O)c1. The van der Waals surface area contributed by atoms with Crippen molar-refractivity contribution in [2.45, 2.75) is 26.7 Å². The minimum Gasteiger partial charge on any atom is -0.300 e. The molecule has 17 heavy (non-hydrogen) atoms. The Balaban J connectivity index is 2.90. The maximum Gasteiger partial charge on any atom is 0.229 e. The number of aryl methyl sites for hydroxylation is 2. The van der Waals surface area contributed by atoms with E-state index < -0.39 is 10.0 Å². The van der Waals surface area contributed by atoms with Crippen LogP contribution in [-0.4, -0.2) is 20.5 Å². The standard InChI is InChI=1S/C12H17NO3S/c1-9-6-11(5-4-10(2)14)8-12(7-9)13-17(3,15)16/h6-8,13H,4-5H2,1-3H3. The van der Waals surface area contributed by atoms with Crippen molar-refractivity contribution in [2.24, 2.45) is 0 Å². The predicted octanol–water partition coefficient (Wildman–Crippen LogP) is 1.89. The number of benzene rings is 1. The van der Waals surface area contributed by atoms with E-state index in [9.17, 15) is 13.2 Å². The number of nitrogens with one attached hydrogen (secondary N) is 1. The number of anilines is 1. The van der Waals surface area contributed by atoms with Crippen LogP contribution in [0.4, 0.5) is 5.69 Å². The number of Topliss-reactive ketones (excluding diaryl/α,β-unsaturated/α-hetero) is 1. The fourth-order valence-corrected chi connectivity index (χ4v) is 2.15. The van der Waals surface area contributed by atoms with Crippen molar-refractivity contribution in [3.63, 3.8) is 0 Å². The van der Waals surface area contributed by atoms with Gasteiger partial charge < -0.3 is 4.79 Å². The Morgan fingerprint density at radius 1 is 1.29 bits per heavy atom. The number of ketones is 1. The Labute approximate surface area is 102 Å². The molecule has 0 fully saturated rings. The fraction of sp³-hybridized carbons (Fsp3) is 0.417. The normalized spacial score (nSPS) is 11.2. The van der Waals surface area contributed by atoms with Gasteiger partial charge in [0.25, 0.3) is 0 Å². The molecule has 1 rings (SSSR count). The highest BCUT2D eigenvalue weighted by Crippen LogP contribution is 2.16. The van der Waals surface area contributed by atoms with Crippen molar-refractivity contribution >= 4 is 21.5 Å². The Bertz CT molecular complexity index is 521. The first-order chi connectivity index (χ1) is 7.76. The molecule has 0 aliphatic carbocycles. The second kappa shape index (κ2) is 5.31. The van der Waals surface area contributed by atoms with Gasteiger partial charge in [-0.3, -0.25) is 4.72 Å². The summed E-state index contributed by atoms with van der Waals surface area (Å²) in [6, 6.07) is 5.48. The van der Waals surface area contributed by atoms with E-state index in [0.717, 1.165) is 17.4 Å². The zero-order valence-electron chi connectivity index (χ0n) is 10.3. The summed E-state index contributed by atoms with van der Waals surface area (Å²) in [7, 11) is -3.26. The monoisotopic (exact) mass is 255 g/mol. The van der Waals surface area contributed by atoms with Crippen LogP contribution >= 0.6 is 0 Å². The van der Waals surface area contributed by atoms with Crippen molar-refractivity contribution < 1.29 is 13.2 Å². The molecule has 0 bridgehead atoms. The Morgan fingerprint density at radius 3 is 2.47 bits per heavy atom. The van der Waals surface area contributed by atoms with Gasteiger partial charge in [-0.05, 0) is 43.5 Å². The molecule has 4 nitrogen and oxygen atoms in total. The summed E-state index contributed by atoms with van der Waals surface area (Å²) in [6.45, 7) is 3.44. The van der Waals surface area contributed by atoms with Crippen LogP contribution in [0.1, 0.15) is 24.5 Å². The van der Waals surface area contributed by atoms with Gasteiger partial charge in [0.15, 0.2) is 0 Å². The first-order valence-electron chi connectivity index (χ1n) is 5.34. The van der Waals surface area contributed by atoms with Crippen LogP contribution in [0.15, 0.2) is 18.2 Å². The maximum atomic E-state index is 11.1. The molecular formula is C12H17NO3S. The lowest BCUT2D eigenvalue weighted by Crippen LogP contribution is -2.10. The Hall–Kier alpha value is -1.36. The third kappa shape index (κ3) is 5.49. The van der Waals surface area contributed by atoms with Crippen LogP contribution in [0, 0.1) is 6.92 Å². The molecule has 1 aromatic rings. The maximum absolute atomic E-state index is 11.1. The molecular weight excluding hydrogens is 238 g/mol. The highest BCUT2D eigenvalue weighted by molar-refractivity contribution is 7.92. The summed E-state index contributed by atoms with van der Waals surface area (Å²) in [6.07, 6.45) is 2.22. The van der Waals surface area contributed by atoms with E-state index in [2.05, 4.69) is 4.72 Å². The average Bonchev–Trinajstić information content (AvgIpc) is 2.10. The third-order valence-corrected chi connectivity index (χ3v) is 2.81. The molecule has 0 aliphatic rings. The molecule has 0 atom stereocenters. The number of hydrogen-bond acceptors (Lipinski definition) is 3. The van der Waals surface area contributed by atoms with E-state index in [1.165, 1.54) is 0 Å². The first-order valence-corrected chi connectivity index (χ1v) is 7.23. The molecule has 0 unspecified atom stereocenters. The molecule has 0 saturated carbocycles. The highest BCUT2D eigenvalue weighted by atomic mass is 32.2. The molecule has 0 aromatic heterocycles. The number of carbonyl (C=O) groups is 1. The summed E-state index contributed by atoms with van der Waals surface area (Å²) in [5.74, 6) is 0.129. The summed E-state index contributed by atoms with van der Waals surface area (Å²) in [5.41, 5.74) is 2.48. The third-order valence-electron chi connectivity index (χ3n) is 2.21. The van der Waals surface area contributed by atoms with E-state index in [-0.39, 0.29) is 5.78 Å². The van der Waals surface area contributed by atoms with E-state index in [1.807, 2.05) is 13.0 Å². The summed E-state index contributed by atoms with van der Waals surface area (Å²) < 4.78 is 24.7. The number of carbonyl (C=O) groups excluding carboxylic acids is 1. The van der Waals surface area contributed by atoms with Gasteiger partial charge in [-0.2, -0.15) is 0 Å². The lowest BCUT2D eigenvalue weighted by atomic mass is 10.0. The van der Waals surface area contributed by atoms with Crippen LogP contribution in [-0.2, 0) is 21.2 Å². The highest BCUT2D eigenvalue weighted by Gasteiger charge is 2.05. The molecule has 94 valence electrons. The van der Waals surface area contributed by atoms with Gasteiger partial charge in [0.05, 0.1) is 6.26 Å². The molecule has 0 heterocycles. The fourth-order valence-electron chi connectivity index (χ4n) is 1.60. The zero-order valence-corrected chi connectivity index (χ0v) is 11.1. The zero-order chi connectivity index (χ0) is 13.1. The van der Waals surface area contributed by atoms with E-state index in [1.54, 1.807) is 19.1 Å². The molecule has 1 aromatic carbocycles. The smallest absolute Gasteiger partial charge is 0.229 e.